The second-order valence-corrected chi connectivity index (χ2v) is 6.33. The molecule has 2 fully saturated rings. The third-order valence-corrected chi connectivity index (χ3v) is 4.04. The van der Waals surface area contributed by atoms with E-state index in [4.69, 9.17) is 4.74 Å². The van der Waals surface area contributed by atoms with Crippen LogP contribution in [0.5, 0.6) is 5.75 Å². The van der Waals surface area contributed by atoms with Gasteiger partial charge in [-0.1, -0.05) is 12.1 Å². The lowest BCUT2D eigenvalue weighted by atomic mass is 10.2. The van der Waals surface area contributed by atoms with Gasteiger partial charge in [-0.2, -0.15) is 0 Å². The van der Waals surface area contributed by atoms with Crippen LogP contribution >= 0.6 is 0 Å². The number of urea groups is 1. The predicted molar refractivity (Wildman–Crippen MR) is 87.5 cm³/mol. The van der Waals surface area contributed by atoms with Crippen molar-refractivity contribution >= 4 is 11.7 Å². The molecule has 3 rings (SSSR count). The van der Waals surface area contributed by atoms with E-state index in [9.17, 15) is 4.79 Å². The third-order valence-electron chi connectivity index (χ3n) is 4.04. The molecule has 5 heteroatoms. The quantitative estimate of drug-likeness (QED) is 0.929. The maximum absolute atomic E-state index is 12.1. The zero-order chi connectivity index (χ0) is 15.5. The Kier molecular flexibility index (Phi) is 4.41. The molecule has 1 aliphatic heterocycles. The monoisotopic (exact) mass is 303 g/mol. The SMILES string of the molecule is CC(C)Oc1ccccc1N1CCN(C(=O)NC2CC2)CC1. The van der Waals surface area contributed by atoms with Crippen molar-refractivity contribution < 1.29 is 9.53 Å². The summed E-state index contributed by atoms with van der Waals surface area (Å²) in [6.07, 6.45) is 2.42. The Morgan fingerprint density at radius 2 is 1.86 bits per heavy atom. The van der Waals surface area contributed by atoms with Crippen LogP contribution < -0.4 is 15.0 Å². The standard InChI is InChI=1S/C17H25N3O2/c1-13(2)22-16-6-4-3-5-15(16)19-9-11-20(12-10-19)17(21)18-14-7-8-14/h3-6,13-14H,7-12H2,1-2H3,(H,18,21). The van der Waals surface area contributed by atoms with Crippen LogP contribution in [0, 0.1) is 0 Å². The number of hydrogen-bond donors (Lipinski definition) is 1. The van der Waals surface area contributed by atoms with Crippen LogP contribution in [-0.4, -0.2) is 49.3 Å². The molecule has 1 N–H and O–H groups in total. The number of ether oxygens (including phenoxy) is 1. The highest BCUT2D eigenvalue weighted by molar-refractivity contribution is 5.75. The first-order chi connectivity index (χ1) is 10.6. The van der Waals surface area contributed by atoms with Crippen LogP contribution in [0.1, 0.15) is 26.7 Å². The van der Waals surface area contributed by atoms with Gasteiger partial charge in [0.05, 0.1) is 11.8 Å². The number of para-hydroxylation sites is 2. The molecule has 120 valence electrons. The summed E-state index contributed by atoms with van der Waals surface area (Å²) < 4.78 is 5.90. The average Bonchev–Trinajstić information content (AvgIpc) is 3.31. The fourth-order valence-corrected chi connectivity index (χ4v) is 2.72. The van der Waals surface area contributed by atoms with Crippen molar-refractivity contribution in [2.45, 2.75) is 38.8 Å². The number of piperazine rings is 1. The molecule has 22 heavy (non-hydrogen) atoms. The summed E-state index contributed by atoms with van der Waals surface area (Å²) in [4.78, 5) is 16.3. The largest absolute Gasteiger partial charge is 0.489 e. The van der Waals surface area contributed by atoms with E-state index in [1.807, 2.05) is 36.9 Å². The van der Waals surface area contributed by atoms with Gasteiger partial charge in [-0.15, -0.1) is 0 Å². The van der Waals surface area contributed by atoms with Crippen molar-refractivity contribution in [3.05, 3.63) is 24.3 Å². The zero-order valence-electron chi connectivity index (χ0n) is 13.4. The maximum Gasteiger partial charge on any atom is 0.317 e. The van der Waals surface area contributed by atoms with E-state index in [0.29, 0.717) is 6.04 Å². The summed E-state index contributed by atoms with van der Waals surface area (Å²) in [6.45, 7) is 7.28. The van der Waals surface area contributed by atoms with Gasteiger partial charge in [0.15, 0.2) is 0 Å². The summed E-state index contributed by atoms with van der Waals surface area (Å²) in [5.41, 5.74) is 1.12. The normalized spacial score (nSPS) is 18.5. The highest BCUT2D eigenvalue weighted by atomic mass is 16.5. The molecule has 0 bridgehead atoms. The fraction of sp³-hybridized carbons (Fsp3) is 0.588. The van der Waals surface area contributed by atoms with Crippen molar-refractivity contribution in [2.24, 2.45) is 0 Å². The number of anilines is 1. The number of hydrogen-bond acceptors (Lipinski definition) is 3. The average molecular weight is 303 g/mol. The summed E-state index contributed by atoms with van der Waals surface area (Å²) in [5, 5.41) is 3.06. The van der Waals surface area contributed by atoms with Crippen molar-refractivity contribution in [3.63, 3.8) is 0 Å². The van der Waals surface area contributed by atoms with Gasteiger partial charge in [-0.3, -0.25) is 0 Å². The molecule has 1 saturated carbocycles. The van der Waals surface area contributed by atoms with Crippen molar-refractivity contribution in [1.82, 2.24) is 10.2 Å². The Morgan fingerprint density at radius 3 is 2.50 bits per heavy atom. The Bertz CT molecular complexity index is 520. The summed E-state index contributed by atoms with van der Waals surface area (Å²) in [5.74, 6) is 0.924. The van der Waals surface area contributed by atoms with Gasteiger partial charge in [0, 0.05) is 32.2 Å². The predicted octanol–water partition coefficient (Wildman–Crippen LogP) is 2.47. The minimum atomic E-state index is 0.0915. The fourth-order valence-electron chi connectivity index (χ4n) is 2.72. The van der Waals surface area contributed by atoms with Crippen LogP contribution in [0.15, 0.2) is 24.3 Å². The van der Waals surface area contributed by atoms with E-state index < -0.39 is 0 Å². The van der Waals surface area contributed by atoms with Crippen LogP contribution in [0.3, 0.4) is 0 Å². The van der Waals surface area contributed by atoms with Gasteiger partial charge in [-0.25, -0.2) is 4.79 Å². The van der Waals surface area contributed by atoms with Crippen LogP contribution in [-0.2, 0) is 0 Å². The number of nitrogens with zero attached hydrogens (tertiary/aromatic N) is 2. The Labute approximate surface area is 132 Å². The molecular formula is C17H25N3O2. The summed E-state index contributed by atoms with van der Waals surface area (Å²) >= 11 is 0. The molecule has 0 spiro atoms. The smallest absolute Gasteiger partial charge is 0.317 e. The Morgan fingerprint density at radius 1 is 1.18 bits per heavy atom. The van der Waals surface area contributed by atoms with Crippen LogP contribution in [0.4, 0.5) is 10.5 Å². The zero-order valence-corrected chi connectivity index (χ0v) is 13.4. The number of amides is 2. The van der Waals surface area contributed by atoms with Crippen LogP contribution in [0.2, 0.25) is 0 Å². The second kappa shape index (κ2) is 6.46. The van der Waals surface area contributed by atoms with Crippen molar-refractivity contribution in [2.75, 3.05) is 31.1 Å². The van der Waals surface area contributed by atoms with Gasteiger partial charge in [-0.05, 0) is 38.8 Å². The van der Waals surface area contributed by atoms with E-state index in [-0.39, 0.29) is 12.1 Å². The van der Waals surface area contributed by atoms with Crippen molar-refractivity contribution in [1.29, 1.82) is 0 Å². The van der Waals surface area contributed by atoms with Crippen LogP contribution in [0.25, 0.3) is 0 Å². The number of carbonyl (C=O) groups excluding carboxylic acids is 1. The lowest BCUT2D eigenvalue weighted by Crippen LogP contribution is -2.52. The topological polar surface area (TPSA) is 44.8 Å². The Balaban J connectivity index is 1.60. The molecule has 1 heterocycles. The molecule has 0 aromatic heterocycles. The summed E-state index contributed by atoms with van der Waals surface area (Å²) in [6, 6.07) is 8.66. The van der Waals surface area contributed by atoms with E-state index in [1.54, 1.807) is 0 Å². The Hall–Kier alpha value is -1.91. The molecule has 2 aliphatic rings. The van der Waals surface area contributed by atoms with Gasteiger partial charge in [0.25, 0.3) is 0 Å². The number of nitrogens with one attached hydrogen (secondary N) is 1. The number of benzene rings is 1. The second-order valence-electron chi connectivity index (χ2n) is 6.33. The van der Waals surface area contributed by atoms with Gasteiger partial charge >= 0.3 is 6.03 Å². The van der Waals surface area contributed by atoms with E-state index in [0.717, 1.165) is 50.5 Å². The first kappa shape index (κ1) is 15.0. The molecule has 1 aromatic carbocycles. The highest BCUT2D eigenvalue weighted by Crippen LogP contribution is 2.29. The number of carbonyl (C=O) groups is 1. The van der Waals surface area contributed by atoms with Gasteiger partial charge < -0.3 is 19.9 Å². The third kappa shape index (κ3) is 3.64. The molecule has 0 atom stereocenters. The number of rotatable bonds is 4. The molecule has 2 amide bonds. The molecular weight excluding hydrogens is 278 g/mol. The van der Waals surface area contributed by atoms with E-state index in [2.05, 4.69) is 16.3 Å². The first-order valence-electron chi connectivity index (χ1n) is 8.19. The maximum atomic E-state index is 12.1. The lowest BCUT2D eigenvalue weighted by Gasteiger charge is -2.36. The first-order valence-corrected chi connectivity index (χ1v) is 8.19. The summed E-state index contributed by atoms with van der Waals surface area (Å²) in [7, 11) is 0. The molecule has 0 radical (unpaired) electrons. The molecule has 1 saturated heterocycles. The molecule has 0 unspecified atom stereocenters. The highest BCUT2D eigenvalue weighted by Gasteiger charge is 2.28. The van der Waals surface area contributed by atoms with Gasteiger partial charge in [0.1, 0.15) is 5.75 Å². The van der Waals surface area contributed by atoms with E-state index in [1.165, 1.54) is 0 Å². The molecule has 1 aliphatic carbocycles. The minimum absolute atomic E-state index is 0.0915. The molecule has 5 nitrogen and oxygen atoms in total. The lowest BCUT2D eigenvalue weighted by molar-refractivity contribution is 0.193. The molecule has 1 aromatic rings. The van der Waals surface area contributed by atoms with E-state index >= 15 is 0 Å². The minimum Gasteiger partial charge on any atom is -0.489 e. The van der Waals surface area contributed by atoms with Crippen molar-refractivity contribution in [3.8, 4) is 5.75 Å². The van der Waals surface area contributed by atoms with Gasteiger partial charge in [0.2, 0.25) is 0 Å².